The Morgan fingerprint density at radius 1 is 1.36 bits per heavy atom. The molecule has 8 heteroatoms. The number of hydrogen-bond donors (Lipinski definition) is 3. The first kappa shape index (κ1) is 18.5. The van der Waals surface area contributed by atoms with E-state index in [2.05, 4.69) is 43.4 Å². The van der Waals surface area contributed by atoms with Gasteiger partial charge in [-0.3, -0.25) is 14.7 Å². The molecule has 1 aliphatic rings. The van der Waals surface area contributed by atoms with E-state index < -0.39 is 5.60 Å². The molecule has 0 spiro atoms. The number of aliphatic hydroxyl groups is 1. The SMILES string of the molecule is O=C(NC[C@]1(O)COCCN(Cc2ccc3cc[nH]c3c2)C1)c1cnccn1. The number of amides is 1. The number of ether oxygens (including phenoxy) is 1. The molecule has 0 unspecified atom stereocenters. The molecule has 28 heavy (non-hydrogen) atoms. The Kier molecular flexibility index (Phi) is 5.34. The summed E-state index contributed by atoms with van der Waals surface area (Å²) in [6, 6.07) is 8.34. The van der Waals surface area contributed by atoms with E-state index in [0.717, 1.165) is 11.1 Å². The number of H-pyrrole nitrogens is 1. The molecule has 146 valence electrons. The molecular weight excluding hydrogens is 358 g/mol. The topological polar surface area (TPSA) is 103 Å². The minimum atomic E-state index is -1.18. The zero-order chi connectivity index (χ0) is 19.4. The van der Waals surface area contributed by atoms with Crippen LogP contribution in [0.4, 0.5) is 0 Å². The highest BCUT2D eigenvalue weighted by atomic mass is 16.5. The average Bonchev–Trinajstić information content (AvgIpc) is 3.10. The van der Waals surface area contributed by atoms with Gasteiger partial charge in [-0.25, -0.2) is 4.98 Å². The molecule has 3 heterocycles. The first-order valence-corrected chi connectivity index (χ1v) is 9.24. The number of hydrogen-bond acceptors (Lipinski definition) is 6. The van der Waals surface area contributed by atoms with Gasteiger partial charge in [-0.1, -0.05) is 12.1 Å². The van der Waals surface area contributed by atoms with Crippen LogP contribution < -0.4 is 5.32 Å². The van der Waals surface area contributed by atoms with Crippen molar-refractivity contribution in [3.05, 3.63) is 60.3 Å². The fourth-order valence-corrected chi connectivity index (χ4v) is 3.44. The number of aromatic amines is 1. The van der Waals surface area contributed by atoms with Crippen LogP contribution in [-0.4, -0.2) is 69.3 Å². The molecule has 0 bridgehead atoms. The van der Waals surface area contributed by atoms with Crippen LogP contribution in [0.3, 0.4) is 0 Å². The van der Waals surface area contributed by atoms with Crippen molar-refractivity contribution in [1.29, 1.82) is 0 Å². The Morgan fingerprint density at radius 3 is 3.14 bits per heavy atom. The molecule has 8 nitrogen and oxygen atoms in total. The predicted octanol–water partition coefficient (Wildman–Crippen LogP) is 0.951. The van der Waals surface area contributed by atoms with Crippen molar-refractivity contribution < 1.29 is 14.6 Å². The Morgan fingerprint density at radius 2 is 2.29 bits per heavy atom. The second-order valence-corrected chi connectivity index (χ2v) is 7.16. The molecule has 4 rings (SSSR count). The van der Waals surface area contributed by atoms with Crippen molar-refractivity contribution in [2.75, 3.05) is 32.8 Å². The van der Waals surface area contributed by atoms with Gasteiger partial charge in [0, 0.05) is 43.7 Å². The lowest BCUT2D eigenvalue weighted by Crippen LogP contribution is -2.52. The Balaban J connectivity index is 1.40. The van der Waals surface area contributed by atoms with Crippen molar-refractivity contribution in [3.63, 3.8) is 0 Å². The maximum Gasteiger partial charge on any atom is 0.271 e. The summed E-state index contributed by atoms with van der Waals surface area (Å²) in [5.74, 6) is -0.366. The van der Waals surface area contributed by atoms with Crippen LogP contribution in [0.5, 0.6) is 0 Å². The number of nitrogens with zero attached hydrogens (tertiary/aromatic N) is 3. The minimum absolute atomic E-state index is 0.0779. The van der Waals surface area contributed by atoms with Gasteiger partial charge >= 0.3 is 0 Å². The lowest BCUT2D eigenvalue weighted by atomic mass is 10.0. The van der Waals surface area contributed by atoms with Crippen LogP contribution in [0.15, 0.2) is 49.1 Å². The monoisotopic (exact) mass is 381 g/mol. The van der Waals surface area contributed by atoms with E-state index >= 15 is 0 Å². The van der Waals surface area contributed by atoms with Crippen molar-refractivity contribution in [2.24, 2.45) is 0 Å². The number of benzene rings is 1. The minimum Gasteiger partial charge on any atom is -0.384 e. The summed E-state index contributed by atoms with van der Waals surface area (Å²) < 4.78 is 5.60. The van der Waals surface area contributed by atoms with Crippen molar-refractivity contribution in [2.45, 2.75) is 12.1 Å². The first-order valence-electron chi connectivity index (χ1n) is 9.24. The van der Waals surface area contributed by atoms with Crippen molar-refractivity contribution >= 4 is 16.8 Å². The second kappa shape index (κ2) is 8.05. The molecule has 1 aliphatic heterocycles. The van der Waals surface area contributed by atoms with E-state index in [1.54, 1.807) is 0 Å². The van der Waals surface area contributed by atoms with Gasteiger partial charge in [0.2, 0.25) is 0 Å². The van der Waals surface area contributed by atoms with E-state index in [9.17, 15) is 9.90 Å². The van der Waals surface area contributed by atoms with Gasteiger partial charge in [-0.2, -0.15) is 0 Å². The quantitative estimate of drug-likeness (QED) is 0.608. The van der Waals surface area contributed by atoms with E-state index in [0.29, 0.717) is 26.2 Å². The summed E-state index contributed by atoms with van der Waals surface area (Å²) in [6.45, 7) is 2.58. The fraction of sp³-hybridized carbons (Fsp3) is 0.350. The third-order valence-electron chi connectivity index (χ3n) is 4.84. The van der Waals surface area contributed by atoms with Crippen molar-refractivity contribution in [1.82, 2.24) is 25.2 Å². The third-order valence-corrected chi connectivity index (χ3v) is 4.84. The normalized spacial score (nSPS) is 20.8. The second-order valence-electron chi connectivity index (χ2n) is 7.16. The number of fused-ring (bicyclic) bond motifs is 1. The van der Waals surface area contributed by atoms with Gasteiger partial charge in [0.05, 0.1) is 26.0 Å². The largest absolute Gasteiger partial charge is 0.384 e. The summed E-state index contributed by atoms with van der Waals surface area (Å²) in [5, 5.41) is 14.9. The molecule has 0 aliphatic carbocycles. The number of carbonyl (C=O) groups excluding carboxylic acids is 1. The Labute approximate surface area is 162 Å². The van der Waals surface area contributed by atoms with Crippen LogP contribution >= 0.6 is 0 Å². The van der Waals surface area contributed by atoms with Crippen LogP contribution in [0.2, 0.25) is 0 Å². The van der Waals surface area contributed by atoms with Crippen LogP contribution in [0.25, 0.3) is 10.9 Å². The summed E-state index contributed by atoms with van der Waals surface area (Å²) in [7, 11) is 0. The Bertz CT molecular complexity index is 945. The highest BCUT2D eigenvalue weighted by Crippen LogP contribution is 2.18. The fourth-order valence-electron chi connectivity index (χ4n) is 3.44. The number of β-amino-alcohol motifs (C(OH)–C–C–N with tert-alkyl or cyclic N) is 1. The molecule has 1 aromatic carbocycles. The van der Waals surface area contributed by atoms with Crippen LogP contribution in [0.1, 0.15) is 16.1 Å². The zero-order valence-corrected chi connectivity index (χ0v) is 15.5. The molecular formula is C20H23N5O3. The van der Waals surface area contributed by atoms with Gasteiger partial charge in [0.1, 0.15) is 11.3 Å². The molecule has 1 saturated heterocycles. The van der Waals surface area contributed by atoms with Gasteiger partial charge in [-0.15, -0.1) is 0 Å². The smallest absolute Gasteiger partial charge is 0.271 e. The van der Waals surface area contributed by atoms with Crippen molar-refractivity contribution in [3.8, 4) is 0 Å². The van der Waals surface area contributed by atoms with E-state index in [1.807, 2.05) is 12.3 Å². The molecule has 3 aromatic rings. The summed E-state index contributed by atoms with van der Waals surface area (Å²) in [5.41, 5.74) is 1.29. The van der Waals surface area contributed by atoms with Gasteiger partial charge in [0.15, 0.2) is 0 Å². The molecule has 0 radical (unpaired) electrons. The summed E-state index contributed by atoms with van der Waals surface area (Å²) >= 11 is 0. The molecule has 1 atom stereocenters. The van der Waals surface area contributed by atoms with E-state index in [1.165, 1.54) is 24.0 Å². The molecule has 2 aromatic heterocycles. The summed E-state index contributed by atoms with van der Waals surface area (Å²) in [4.78, 5) is 25.4. The van der Waals surface area contributed by atoms with Gasteiger partial charge in [-0.05, 0) is 23.1 Å². The Hall–Kier alpha value is -2.81. The van der Waals surface area contributed by atoms with Crippen LogP contribution in [0, 0.1) is 0 Å². The summed E-state index contributed by atoms with van der Waals surface area (Å²) in [6.07, 6.45) is 6.28. The predicted molar refractivity (Wildman–Crippen MR) is 104 cm³/mol. The zero-order valence-electron chi connectivity index (χ0n) is 15.5. The number of nitrogens with one attached hydrogen (secondary N) is 2. The third kappa shape index (κ3) is 4.36. The van der Waals surface area contributed by atoms with E-state index in [-0.39, 0.29) is 24.8 Å². The highest BCUT2D eigenvalue weighted by Gasteiger charge is 2.33. The number of carbonyl (C=O) groups is 1. The van der Waals surface area contributed by atoms with Crippen LogP contribution in [-0.2, 0) is 11.3 Å². The maximum atomic E-state index is 12.2. The molecule has 0 saturated carbocycles. The molecule has 1 amide bonds. The average molecular weight is 381 g/mol. The highest BCUT2D eigenvalue weighted by molar-refractivity contribution is 5.91. The van der Waals surface area contributed by atoms with Gasteiger partial charge in [0.25, 0.3) is 5.91 Å². The lowest BCUT2D eigenvalue weighted by Gasteiger charge is -2.31. The van der Waals surface area contributed by atoms with E-state index in [4.69, 9.17) is 4.74 Å². The number of rotatable bonds is 5. The molecule has 1 fully saturated rings. The first-order chi connectivity index (χ1) is 13.6. The standard InChI is InChI=1S/C20H23N5O3/c26-19(18-10-21-5-6-23-18)24-12-20(27)13-25(7-8-28-14-20)11-15-1-2-16-3-4-22-17(16)9-15/h1-6,9-10,22,27H,7-8,11-14H2,(H,24,26)/t20-/m1/s1. The lowest BCUT2D eigenvalue weighted by molar-refractivity contribution is -0.0345. The van der Waals surface area contributed by atoms with Gasteiger partial charge < -0.3 is 20.1 Å². The maximum absolute atomic E-state index is 12.2. The molecule has 3 N–H and O–H groups in total. The number of aromatic nitrogens is 3.